The Kier molecular flexibility index (Phi) is 6.05. The highest BCUT2D eigenvalue weighted by Crippen LogP contribution is 2.19. The largest absolute Gasteiger partial charge is 0.497 e. The van der Waals surface area contributed by atoms with Crippen molar-refractivity contribution >= 4 is 6.03 Å². The molecule has 1 aromatic rings. The fourth-order valence-electron chi connectivity index (χ4n) is 1.71. The number of carbonyl (C=O) groups is 1. The van der Waals surface area contributed by atoms with Crippen molar-refractivity contribution in [2.45, 2.75) is 32.7 Å². The molecular weight excluding hydrogens is 228 g/mol. The zero-order valence-electron chi connectivity index (χ0n) is 11.3. The lowest BCUT2D eigenvalue weighted by molar-refractivity contribution is 0.236. The van der Waals surface area contributed by atoms with Crippen molar-refractivity contribution in [1.29, 1.82) is 0 Å². The van der Waals surface area contributed by atoms with Gasteiger partial charge >= 0.3 is 6.03 Å². The Balaban J connectivity index is 2.61. The molecule has 0 saturated carbocycles. The Bertz CT molecular complexity index is 363. The highest BCUT2D eigenvalue weighted by Gasteiger charge is 2.11. The van der Waals surface area contributed by atoms with E-state index in [1.165, 1.54) is 0 Å². The van der Waals surface area contributed by atoms with Crippen molar-refractivity contribution in [2.75, 3.05) is 13.7 Å². The number of hydrogen-bond acceptors (Lipinski definition) is 2. The van der Waals surface area contributed by atoms with Crippen LogP contribution in [-0.4, -0.2) is 19.7 Å². The van der Waals surface area contributed by atoms with Crippen LogP contribution in [0.3, 0.4) is 0 Å². The lowest BCUT2D eigenvalue weighted by Gasteiger charge is -2.18. The predicted octanol–water partition coefficient (Wildman–Crippen LogP) is 2.86. The molecule has 1 atom stereocenters. The molecule has 0 saturated heterocycles. The van der Waals surface area contributed by atoms with Crippen LogP contribution in [0.4, 0.5) is 4.79 Å². The molecule has 0 aliphatic heterocycles. The first-order valence-corrected chi connectivity index (χ1v) is 6.39. The molecular formula is C14H22N2O2. The van der Waals surface area contributed by atoms with Crippen LogP contribution in [0, 0.1) is 0 Å². The van der Waals surface area contributed by atoms with Gasteiger partial charge in [0.25, 0.3) is 0 Å². The van der Waals surface area contributed by atoms with Gasteiger partial charge in [0.15, 0.2) is 0 Å². The molecule has 4 heteroatoms. The molecule has 0 heterocycles. The first kappa shape index (κ1) is 14.4. The molecule has 0 bridgehead atoms. The number of amides is 2. The normalized spacial score (nSPS) is 11.7. The first-order valence-electron chi connectivity index (χ1n) is 6.39. The summed E-state index contributed by atoms with van der Waals surface area (Å²) >= 11 is 0. The fraction of sp³-hybridized carbons (Fsp3) is 0.500. The molecule has 2 amide bonds. The summed E-state index contributed by atoms with van der Waals surface area (Å²) in [7, 11) is 1.64. The van der Waals surface area contributed by atoms with Gasteiger partial charge in [-0.1, -0.05) is 26.0 Å². The molecule has 18 heavy (non-hydrogen) atoms. The maximum absolute atomic E-state index is 11.6. The van der Waals surface area contributed by atoms with Crippen LogP contribution in [0.15, 0.2) is 24.3 Å². The average Bonchev–Trinajstić information content (AvgIpc) is 2.42. The minimum atomic E-state index is -0.112. The highest BCUT2D eigenvalue weighted by atomic mass is 16.5. The van der Waals surface area contributed by atoms with Crippen LogP contribution in [-0.2, 0) is 0 Å². The maximum Gasteiger partial charge on any atom is 0.315 e. The van der Waals surface area contributed by atoms with Crippen LogP contribution in [0.5, 0.6) is 5.75 Å². The van der Waals surface area contributed by atoms with Gasteiger partial charge in [0.2, 0.25) is 0 Å². The molecule has 0 aromatic heterocycles. The van der Waals surface area contributed by atoms with Gasteiger partial charge in [0, 0.05) is 6.54 Å². The van der Waals surface area contributed by atoms with E-state index >= 15 is 0 Å². The zero-order valence-corrected chi connectivity index (χ0v) is 11.3. The van der Waals surface area contributed by atoms with Gasteiger partial charge in [0.1, 0.15) is 5.75 Å². The lowest BCUT2D eigenvalue weighted by atomic mass is 10.0. The van der Waals surface area contributed by atoms with E-state index in [4.69, 9.17) is 4.74 Å². The third-order valence-electron chi connectivity index (χ3n) is 2.77. The highest BCUT2D eigenvalue weighted by molar-refractivity contribution is 5.74. The summed E-state index contributed by atoms with van der Waals surface area (Å²) in [5.41, 5.74) is 1.09. The molecule has 0 radical (unpaired) electrons. The smallest absolute Gasteiger partial charge is 0.315 e. The monoisotopic (exact) mass is 250 g/mol. The van der Waals surface area contributed by atoms with Gasteiger partial charge in [-0.25, -0.2) is 4.79 Å². The standard InChI is InChI=1S/C14H22N2O2/c1-4-10-15-14(17)16-13(5-2)11-6-8-12(18-3)9-7-11/h6-9,13H,4-5,10H2,1-3H3,(H2,15,16,17)/t13-/m0/s1. The molecule has 4 nitrogen and oxygen atoms in total. The van der Waals surface area contributed by atoms with Gasteiger partial charge in [0.05, 0.1) is 13.2 Å². The molecule has 0 spiro atoms. The fourth-order valence-corrected chi connectivity index (χ4v) is 1.71. The Hall–Kier alpha value is -1.71. The number of nitrogens with one attached hydrogen (secondary N) is 2. The van der Waals surface area contributed by atoms with E-state index in [9.17, 15) is 4.79 Å². The first-order chi connectivity index (χ1) is 8.71. The van der Waals surface area contributed by atoms with Crippen LogP contribution in [0.25, 0.3) is 0 Å². The number of hydrogen-bond donors (Lipinski definition) is 2. The molecule has 0 unspecified atom stereocenters. The third kappa shape index (κ3) is 4.28. The van der Waals surface area contributed by atoms with Crippen LogP contribution >= 0.6 is 0 Å². The summed E-state index contributed by atoms with van der Waals surface area (Å²) < 4.78 is 5.12. The molecule has 100 valence electrons. The minimum Gasteiger partial charge on any atom is -0.497 e. The second-order valence-corrected chi connectivity index (χ2v) is 4.13. The molecule has 0 fully saturated rings. The van der Waals surface area contributed by atoms with Gasteiger partial charge in [-0.2, -0.15) is 0 Å². The van der Waals surface area contributed by atoms with Crippen LogP contribution in [0.1, 0.15) is 38.3 Å². The number of urea groups is 1. The average molecular weight is 250 g/mol. The van der Waals surface area contributed by atoms with Crippen molar-refractivity contribution in [3.8, 4) is 5.75 Å². The summed E-state index contributed by atoms with van der Waals surface area (Å²) in [6.45, 7) is 4.78. The zero-order chi connectivity index (χ0) is 13.4. The quantitative estimate of drug-likeness (QED) is 0.815. The predicted molar refractivity (Wildman–Crippen MR) is 72.9 cm³/mol. The number of ether oxygens (including phenoxy) is 1. The minimum absolute atomic E-state index is 0.0350. The number of benzene rings is 1. The molecule has 1 rings (SSSR count). The van der Waals surface area contributed by atoms with E-state index in [1.807, 2.05) is 31.2 Å². The Morgan fingerprint density at radius 1 is 1.28 bits per heavy atom. The molecule has 2 N–H and O–H groups in total. The molecule has 0 aliphatic carbocycles. The second kappa shape index (κ2) is 7.58. The number of rotatable bonds is 6. The summed E-state index contributed by atoms with van der Waals surface area (Å²) in [6.07, 6.45) is 1.79. The Morgan fingerprint density at radius 2 is 1.94 bits per heavy atom. The van der Waals surface area contributed by atoms with Gasteiger partial charge in [-0.15, -0.1) is 0 Å². The van der Waals surface area contributed by atoms with Crippen molar-refractivity contribution < 1.29 is 9.53 Å². The van der Waals surface area contributed by atoms with Crippen molar-refractivity contribution in [2.24, 2.45) is 0 Å². The maximum atomic E-state index is 11.6. The number of carbonyl (C=O) groups excluding carboxylic acids is 1. The number of methoxy groups -OCH3 is 1. The Labute approximate surface area is 109 Å². The summed E-state index contributed by atoms with van der Waals surface area (Å²) in [4.78, 5) is 11.6. The topological polar surface area (TPSA) is 50.4 Å². The summed E-state index contributed by atoms with van der Waals surface area (Å²) in [5, 5.41) is 5.78. The van der Waals surface area contributed by atoms with Crippen LogP contribution in [0.2, 0.25) is 0 Å². The van der Waals surface area contributed by atoms with Crippen LogP contribution < -0.4 is 15.4 Å². The van der Waals surface area contributed by atoms with E-state index in [2.05, 4.69) is 17.6 Å². The lowest BCUT2D eigenvalue weighted by Crippen LogP contribution is -2.38. The Morgan fingerprint density at radius 3 is 2.44 bits per heavy atom. The summed E-state index contributed by atoms with van der Waals surface area (Å²) in [6, 6.07) is 7.69. The van der Waals surface area contributed by atoms with E-state index in [1.54, 1.807) is 7.11 Å². The molecule has 1 aromatic carbocycles. The van der Waals surface area contributed by atoms with E-state index in [0.29, 0.717) is 6.54 Å². The van der Waals surface area contributed by atoms with Crippen molar-refractivity contribution in [3.63, 3.8) is 0 Å². The van der Waals surface area contributed by atoms with Gasteiger partial charge in [-0.05, 0) is 30.5 Å². The van der Waals surface area contributed by atoms with E-state index in [-0.39, 0.29) is 12.1 Å². The summed E-state index contributed by atoms with van der Waals surface area (Å²) in [5.74, 6) is 0.823. The van der Waals surface area contributed by atoms with Crippen molar-refractivity contribution in [3.05, 3.63) is 29.8 Å². The SMILES string of the molecule is CCCNC(=O)N[C@@H](CC)c1ccc(OC)cc1. The van der Waals surface area contributed by atoms with Gasteiger partial charge in [-0.3, -0.25) is 0 Å². The third-order valence-corrected chi connectivity index (χ3v) is 2.77. The van der Waals surface area contributed by atoms with E-state index < -0.39 is 0 Å². The van der Waals surface area contributed by atoms with Gasteiger partial charge < -0.3 is 15.4 Å². The second-order valence-electron chi connectivity index (χ2n) is 4.13. The van der Waals surface area contributed by atoms with Crippen molar-refractivity contribution in [1.82, 2.24) is 10.6 Å². The van der Waals surface area contributed by atoms with E-state index in [0.717, 1.165) is 24.2 Å². The molecule has 0 aliphatic rings.